The molecule has 0 bridgehead atoms. The quantitative estimate of drug-likeness (QED) is 0.586. The molecule has 0 aromatic heterocycles. The van der Waals surface area contributed by atoms with E-state index in [2.05, 4.69) is 6.92 Å². The smallest absolute Gasteiger partial charge is 0.0235 e. The van der Waals surface area contributed by atoms with Gasteiger partial charge in [0.05, 0.1) is 0 Å². The van der Waals surface area contributed by atoms with Crippen LogP contribution in [0.15, 0.2) is 0 Å². The first-order valence-corrected chi connectivity index (χ1v) is 6.79. The lowest BCUT2D eigenvalue weighted by Crippen LogP contribution is -2.53. The second kappa shape index (κ2) is 2.23. The normalized spacial score (nSPS) is 63.6. The molecule has 14 heavy (non-hydrogen) atoms. The molecule has 4 rings (SSSR count). The van der Waals surface area contributed by atoms with Crippen molar-refractivity contribution in [3.63, 3.8) is 0 Å². The van der Waals surface area contributed by atoms with Crippen molar-refractivity contribution in [3.05, 3.63) is 0 Å². The van der Waals surface area contributed by atoms with Gasteiger partial charge >= 0.3 is 0 Å². The first-order valence-electron chi connectivity index (χ1n) is 6.79. The Bertz CT molecular complexity index is 280. The molecule has 78 valence electrons. The first-order chi connectivity index (χ1) is 6.79. The van der Waals surface area contributed by atoms with Crippen molar-refractivity contribution >= 4 is 0 Å². The summed E-state index contributed by atoms with van der Waals surface area (Å²) in [7, 11) is 0. The van der Waals surface area contributed by atoms with E-state index in [1.54, 1.807) is 44.9 Å². The molecular weight excluding hydrogens is 168 g/mol. The van der Waals surface area contributed by atoms with Crippen LogP contribution in [-0.4, -0.2) is 0 Å². The van der Waals surface area contributed by atoms with Crippen molar-refractivity contribution in [2.75, 3.05) is 0 Å². The number of hydrogen-bond donors (Lipinski definition) is 0. The Morgan fingerprint density at radius 1 is 1.14 bits per heavy atom. The average Bonchev–Trinajstić information content (AvgIpc) is 2.49. The van der Waals surface area contributed by atoms with Gasteiger partial charge in [-0.05, 0) is 73.5 Å². The zero-order valence-corrected chi connectivity index (χ0v) is 9.39. The highest BCUT2D eigenvalue weighted by molar-refractivity contribution is 5.19. The highest BCUT2D eigenvalue weighted by Gasteiger charge is 2.69. The molecular formula is C14H22. The lowest BCUT2D eigenvalue weighted by molar-refractivity contribution is -0.124. The predicted octanol–water partition coefficient (Wildman–Crippen LogP) is 4.00. The summed E-state index contributed by atoms with van der Waals surface area (Å²) in [6.45, 7) is 2.42. The second-order valence-electron chi connectivity index (χ2n) is 6.79. The van der Waals surface area contributed by atoms with Crippen molar-refractivity contribution in [1.82, 2.24) is 0 Å². The molecule has 0 saturated heterocycles. The molecule has 0 amide bonds. The molecule has 0 aliphatic heterocycles. The van der Waals surface area contributed by atoms with Crippen LogP contribution in [0.4, 0.5) is 0 Å². The third kappa shape index (κ3) is 0.657. The minimum Gasteiger partial charge on any atom is -0.0651 e. The standard InChI is InChI=1S/C14H22/c1-2-10-3-5-13(10)8-12-7-11-4-6-14(11,12)9-13/h10-12H,2-9H2,1H3. The monoisotopic (exact) mass is 190 g/mol. The van der Waals surface area contributed by atoms with Gasteiger partial charge in [0.1, 0.15) is 0 Å². The van der Waals surface area contributed by atoms with E-state index in [1.165, 1.54) is 18.3 Å². The summed E-state index contributed by atoms with van der Waals surface area (Å²) in [6, 6.07) is 0. The Hall–Kier alpha value is 0. The second-order valence-corrected chi connectivity index (χ2v) is 6.79. The topological polar surface area (TPSA) is 0 Å². The maximum Gasteiger partial charge on any atom is -0.0235 e. The third-order valence-electron chi connectivity index (χ3n) is 6.84. The Balaban J connectivity index is 1.62. The molecule has 0 aromatic carbocycles. The lowest BCUT2D eigenvalue weighted by atomic mass is 9.43. The van der Waals surface area contributed by atoms with Gasteiger partial charge in [-0.3, -0.25) is 0 Å². The molecule has 4 aliphatic carbocycles. The highest BCUT2D eigenvalue weighted by Crippen LogP contribution is 2.79. The molecule has 4 saturated carbocycles. The molecule has 2 spiro atoms. The Kier molecular flexibility index (Phi) is 1.30. The Morgan fingerprint density at radius 3 is 2.50 bits per heavy atom. The van der Waals surface area contributed by atoms with E-state index < -0.39 is 0 Å². The number of rotatable bonds is 1. The highest BCUT2D eigenvalue weighted by atomic mass is 14.7. The van der Waals surface area contributed by atoms with Crippen molar-refractivity contribution in [2.45, 2.75) is 58.3 Å². The maximum atomic E-state index is 2.42. The zero-order valence-electron chi connectivity index (χ0n) is 9.39. The molecule has 0 heteroatoms. The van der Waals surface area contributed by atoms with Gasteiger partial charge in [-0.2, -0.15) is 0 Å². The predicted molar refractivity (Wildman–Crippen MR) is 57.9 cm³/mol. The SMILES string of the molecule is CCC1CCC12CC1CC3CCC31C2. The minimum absolute atomic E-state index is 0.884. The minimum atomic E-state index is 0.884. The van der Waals surface area contributed by atoms with Crippen LogP contribution in [0, 0.1) is 28.6 Å². The fourth-order valence-electron chi connectivity index (χ4n) is 5.80. The average molecular weight is 190 g/mol. The van der Waals surface area contributed by atoms with Gasteiger partial charge in [-0.25, -0.2) is 0 Å². The van der Waals surface area contributed by atoms with E-state index in [0.717, 1.165) is 16.7 Å². The lowest BCUT2D eigenvalue weighted by Gasteiger charge is -2.62. The van der Waals surface area contributed by atoms with Crippen LogP contribution in [0.5, 0.6) is 0 Å². The van der Waals surface area contributed by atoms with Gasteiger partial charge in [0.15, 0.2) is 0 Å². The van der Waals surface area contributed by atoms with Crippen LogP contribution in [0.3, 0.4) is 0 Å². The van der Waals surface area contributed by atoms with E-state index >= 15 is 0 Å². The largest absolute Gasteiger partial charge is 0.0651 e. The fourth-order valence-corrected chi connectivity index (χ4v) is 5.80. The molecule has 0 radical (unpaired) electrons. The van der Waals surface area contributed by atoms with Gasteiger partial charge in [0.2, 0.25) is 0 Å². The van der Waals surface area contributed by atoms with Crippen molar-refractivity contribution in [3.8, 4) is 0 Å². The van der Waals surface area contributed by atoms with E-state index in [1.807, 2.05) is 0 Å². The third-order valence-corrected chi connectivity index (χ3v) is 6.84. The van der Waals surface area contributed by atoms with Gasteiger partial charge in [0.25, 0.3) is 0 Å². The van der Waals surface area contributed by atoms with Crippen LogP contribution >= 0.6 is 0 Å². The molecule has 4 fully saturated rings. The van der Waals surface area contributed by atoms with Gasteiger partial charge in [0, 0.05) is 0 Å². The summed E-state index contributed by atoms with van der Waals surface area (Å²) in [5, 5.41) is 0. The summed E-state index contributed by atoms with van der Waals surface area (Å²) >= 11 is 0. The molecule has 0 nitrogen and oxygen atoms in total. The van der Waals surface area contributed by atoms with Crippen molar-refractivity contribution in [2.24, 2.45) is 28.6 Å². The molecule has 5 unspecified atom stereocenters. The van der Waals surface area contributed by atoms with Crippen LogP contribution in [0.2, 0.25) is 0 Å². The van der Waals surface area contributed by atoms with Crippen LogP contribution in [0.25, 0.3) is 0 Å². The van der Waals surface area contributed by atoms with E-state index in [4.69, 9.17) is 0 Å². The molecule has 5 atom stereocenters. The van der Waals surface area contributed by atoms with Crippen LogP contribution < -0.4 is 0 Å². The van der Waals surface area contributed by atoms with Gasteiger partial charge in [-0.1, -0.05) is 13.3 Å². The summed E-state index contributed by atoms with van der Waals surface area (Å²) < 4.78 is 0. The maximum absolute atomic E-state index is 2.42. The van der Waals surface area contributed by atoms with Crippen molar-refractivity contribution in [1.29, 1.82) is 0 Å². The van der Waals surface area contributed by atoms with Gasteiger partial charge in [-0.15, -0.1) is 0 Å². The summed E-state index contributed by atoms with van der Waals surface area (Å²) in [5.41, 5.74) is 1.82. The zero-order chi connectivity index (χ0) is 9.39. The van der Waals surface area contributed by atoms with Crippen molar-refractivity contribution < 1.29 is 0 Å². The first kappa shape index (κ1) is 8.19. The fraction of sp³-hybridized carbons (Fsp3) is 1.00. The van der Waals surface area contributed by atoms with Gasteiger partial charge < -0.3 is 0 Å². The van der Waals surface area contributed by atoms with E-state index in [0.29, 0.717) is 0 Å². The van der Waals surface area contributed by atoms with Crippen LogP contribution in [-0.2, 0) is 0 Å². The molecule has 0 heterocycles. The molecule has 4 aliphatic rings. The molecule has 0 N–H and O–H groups in total. The Morgan fingerprint density at radius 2 is 2.07 bits per heavy atom. The summed E-state index contributed by atoms with van der Waals surface area (Å²) in [5.74, 6) is 3.52. The summed E-state index contributed by atoms with van der Waals surface area (Å²) in [4.78, 5) is 0. The Labute approximate surface area is 87.5 Å². The summed E-state index contributed by atoms with van der Waals surface area (Å²) in [6.07, 6.45) is 12.7. The van der Waals surface area contributed by atoms with Crippen LogP contribution in [0.1, 0.15) is 58.3 Å². The number of hydrogen-bond acceptors (Lipinski definition) is 0. The van der Waals surface area contributed by atoms with E-state index in [9.17, 15) is 0 Å². The molecule has 0 aromatic rings. The van der Waals surface area contributed by atoms with E-state index in [-0.39, 0.29) is 0 Å².